The van der Waals surface area contributed by atoms with Crippen molar-refractivity contribution < 1.29 is 4.79 Å². The van der Waals surface area contributed by atoms with E-state index >= 15 is 0 Å². The van der Waals surface area contributed by atoms with Crippen LogP contribution in [-0.2, 0) is 17.9 Å². The molecule has 0 saturated carbocycles. The van der Waals surface area contributed by atoms with Crippen LogP contribution in [0, 0.1) is 0 Å². The number of aromatic nitrogens is 2. The molecule has 0 spiro atoms. The Labute approximate surface area is 179 Å². The zero-order valence-corrected chi connectivity index (χ0v) is 17.5. The Morgan fingerprint density at radius 2 is 1.83 bits per heavy atom. The number of carbonyl (C=O) groups excluding carboxylic acids is 1. The Morgan fingerprint density at radius 1 is 1.07 bits per heavy atom. The predicted octanol–water partition coefficient (Wildman–Crippen LogP) is 5.59. The van der Waals surface area contributed by atoms with E-state index in [0.29, 0.717) is 11.6 Å². The maximum atomic E-state index is 12.7. The zero-order chi connectivity index (χ0) is 20.2. The van der Waals surface area contributed by atoms with E-state index in [1.54, 1.807) is 16.2 Å². The Kier molecular flexibility index (Phi) is 5.79. The topological polar surface area (TPSA) is 38.1 Å². The lowest BCUT2D eigenvalue weighted by Crippen LogP contribution is -2.29. The van der Waals surface area contributed by atoms with Gasteiger partial charge >= 0.3 is 0 Å². The largest absolute Gasteiger partial charge is 0.340 e. The van der Waals surface area contributed by atoms with Crippen molar-refractivity contribution >= 4 is 28.8 Å². The van der Waals surface area contributed by atoms with Gasteiger partial charge in [-0.2, -0.15) is 0 Å². The number of carbonyl (C=O) groups is 1. The van der Waals surface area contributed by atoms with Crippen LogP contribution < -0.4 is 0 Å². The number of rotatable bonds is 6. The van der Waals surface area contributed by atoms with Crippen LogP contribution in [-0.4, -0.2) is 27.4 Å². The minimum absolute atomic E-state index is 0.0563. The van der Waals surface area contributed by atoms with Crippen molar-refractivity contribution in [3.05, 3.63) is 88.9 Å². The molecule has 0 bridgehead atoms. The third-order valence-corrected chi connectivity index (χ3v) is 5.80. The quantitative estimate of drug-likeness (QED) is 0.407. The van der Waals surface area contributed by atoms with Crippen molar-refractivity contribution in [2.75, 3.05) is 7.05 Å². The molecule has 0 unspecified atom stereocenters. The van der Waals surface area contributed by atoms with Gasteiger partial charge in [-0.05, 0) is 29.8 Å². The van der Waals surface area contributed by atoms with Crippen molar-refractivity contribution in [3.8, 4) is 22.0 Å². The van der Waals surface area contributed by atoms with Gasteiger partial charge in [0.25, 0.3) is 0 Å². The average molecular weight is 422 g/mol. The van der Waals surface area contributed by atoms with Gasteiger partial charge in [0.05, 0.1) is 11.4 Å². The van der Waals surface area contributed by atoms with Gasteiger partial charge in [-0.3, -0.25) is 4.79 Å². The highest BCUT2D eigenvalue weighted by Gasteiger charge is 2.15. The Hall–Kier alpha value is -2.89. The molecule has 0 aliphatic carbocycles. The van der Waals surface area contributed by atoms with Crippen molar-refractivity contribution in [3.63, 3.8) is 0 Å². The fraction of sp³-hybridized carbons (Fsp3) is 0.130. The molecule has 4 rings (SSSR count). The third-order valence-electron chi connectivity index (χ3n) is 4.69. The molecular weight excluding hydrogens is 402 g/mol. The monoisotopic (exact) mass is 421 g/mol. The standard InChI is InChI=1S/C23H20ClN3OS/c1-26(14-17-6-3-2-4-7-17)22(28)15-27-13-5-8-21(27)23-25-20(16-29-23)18-9-11-19(24)12-10-18/h2-13,16H,14-15H2,1H3. The van der Waals surface area contributed by atoms with Crippen LogP contribution in [0.2, 0.25) is 5.02 Å². The van der Waals surface area contributed by atoms with E-state index in [9.17, 15) is 4.79 Å². The van der Waals surface area contributed by atoms with Crippen molar-refractivity contribution in [1.29, 1.82) is 0 Å². The van der Waals surface area contributed by atoms with E-state index in [1.807, 2.05) is 89.9 Å². The summed E-state index contributed by atoms with van der Waals surface area (Å²) in [6.07, 6.45) is 1.92. The van der Waals surface area contributed by atoms with E-state index in [1.165, 1.54) is 0 Å². The van der Waals surface area contributed by atoms with E-state index < -0.39 is 0 Å². The minimum atomic E-state index is 0.0563. The molecule has 0 N–H and O–H groups in total. The number of likely N-dealkylation sites (N-methyl/N-ethyl adjacent to an activating group) is 1. The van der Waals surface area contributed by atoms with Crippen LogP contribution in [0.1, 0.15) is 5.56 Å². The van der Waals surface area contributed by atoms with Crippen LogP contribution in [0.25, 0.3) is 22.0 Å². The van der Waals surface area contributed by atoms with Gasteiger partial charge < -0.3 is 9.47 Å². The molecule has 1 amide bonds. The molecule has 0 aliphatic heterocycles. The van der Waals surface area contributed by atoms with Crippen LogP contribution in [0.3, 0.4) is 0 Å². The first kappa shape index (κ1) is 19.4. The molecule has 0 fully saturated rings. The predicted molar refractivity (Wildman–Crippen MR) is 119 cm³/mol. The molecule has 146 valence electrons. The van der Waals surface area contributed by atoms with Crippen LogP contribution in [0.15, 0.2) is 78.3 Å². The molecule has 4 aromatic rings. The maximum Gasteiger partial charge on any atom is 0.242 e. The molecule has 0 saturated heterocycles. The molecule has 2 heterocycles. The summed E-state index contributed by atoms with van der Waals surface area (Å²) in [4.78, 5) is 19.2. The summed E-state index contributed by atoms with van der Waals surface area (Å²) in [6.45, 7) is 0.871. The van der Waals surface area contributed by atoms with Gasteiger partial charge in [-0.25, -0.2) is 4.98 Å². The van der Waals surface area contributed by atoms with E-state index in [-0.39, 0.29) is 12.5 Å². The van der Waals surface area contributed by atoms with Gasteiger partial charge in [-0.1, -0.05) is 54.1 Å². The summed E-state index contributed by atoms with van der Waals surface area (Å²) < 4.78 is 1.95. The summed E-state index contributed by atoms with van der Waals surface area (Å²) in [5.41, 5.74) is 3.98. The summed E-state index contributed by atoms with van der Waals surface area (Å²) >= 11 is 7.54. The summed E-state index contributed by atoms with van der Waals surface area (Å²) in [6, 6.07) is 21.6. The van der Waals surface area contributed by atoms with Gasteiger partial charge in [0.15, 0.2) is 0 Å². The number of halogens is 1. The number of hydrogen-bond donors (Lipinski definition) is 0. The van der Waals surface area contributed by atoms with Crippen molar-refractivity contribution in [2.24, 2.45) is 0 Å². The zero-order valence-electron chi connectivity index (χ0n) is 16.0. The first-order chi connectivity index (χ1) is 14.1. The lowest BCUT2D eigenvalue weighted by Gasteiger charge is -2.18. The second-order valence-corrected chi connectivity index (χ2v) is 8.10. The fourth-order valence-electron chi connectivity index (χ4n) is 3.10. The molecular formula is C23H20ClN3OS. The highest BCUT2D eigenvalue weighted by Crippen LogP contribution is 2.30. The number of amides is 1. The lowest BCUT2D eigenvalue weighted by molar-refractivity contribution is -0.131. The SMILES string of the molecule is CN(Cc1ccccc1)C(=O)Cn1cccc1-c1nc(-c2ccc(Cl)cc2)cs1. The molecule has 0 atom stereocenters. The number of benzene rings is 2. The Bertz CT molecular complexity index is 1100. The van der Waals surface area contributed by atoms with Crippen LogP contribution in [0.5, 0.6) is 0 Å². The van der Waals surface area contributed by atoms with E-state index in [0.717, 1.165) is 27.5 Å². The van der Waals surface area contributed by atoms with Gasteiger partial charge in [0, 0.05) is 35.8 Å². The normalized spacial score (nSPS) is 10.8. The highest BCUT2D eigenvalue weighted by atomic mass is 35.5. The summed E-state index contributed by atoms with van der Waals surface area (Å²) in [5, 5.41) is 3.62. The molecule has 2 aromatic carbocycles. The fourth-order valence-corrected chi connectivity index (χ4v) is 4.10. The van der Waals surface area contributed by atoms with E-state index in [2.05, 4.69) is 0 Å². The molecule has 0 aliphatic rings. The Balaban J connectivity index is 1.49. The van der Waals surface area contributed by atoms with Crippen LogP contribution in [0.4, 0.5) is 0 Å². The number of hydrogen-bond acceptors (Lipinski definition) is 3. The minimum Gasteiger partial charge on any atom is -0.340 e. The summed E-state index contributed by atoms with van der Waals surface area (Å²) in [5.74, 6) is 0.0563. The smallest absolute Gasteiger partial charge is 0.242 e. The lowest BCUT2D eigenvalue weighted by atomic mass is 10.2. The molecule has 6 heteroatoms. The average Bonchev–Trinajstić information content (AvgIpc) is 3.38. The highest BCUT2D eigenvalue weighted by molar-refractivity contribution is 7.13. The number of nitrogens with zero attached hydrogens (tertiary/aromatic N) is 3. The molecule has 4 nitrogen and oxygen atoms in total. The molecule has 2 aromatic heterocycles. The van der Waals surface area contributed by atoms with Gasteiger partial charge in [0.1, 0.15) is 11.6 Å². The van der Waals surface area contributed by atoms with Gasteiger partial charge in [-0.15, -0.1) is 11.3 Å². The van der Waals surface area contributed by atoms with Crippen molar-refractivity contribution in [1.82, 2.24) is 14.5 Å². The number of thiazole rings is 1. The second kappa shape index (κ2) is 8.64. The van der Waals surface area contributed by atoms with E-state index in [4.69, 9.17) is 16.6 Å². The van der Waals surface area contributed by atoms with Crippen molar-refractivity contribution in [2.45, 2.75) is 13.1 Å². The molecule has 29 heavy (non-hydrogen) atoms. The molecule has 0 radical (unpaired) electrons. The Morgan fingerprint density at radius 3 is 2.59 bits per heavy atom. The van der Waals surface area contributed by atoms with Crippen LogP contribution >= 0.6 is 22.9 Å². The maximum absolute atomic E-state index is 12.7. The third kappa shape index (κ3) is 4.58. The second-order valence-electron chi connectivity index (χ2n) is 6.80. The first-order valence-corrected chi connectivity index (χ1v) is 10.5. The van der Waals surface area contributed by atoms with Gasteiger partial charge in [0.2, 0.25) is 5.91 Å². The first-order valence-electron chi connectivity index (χ1n) is 9.25. The summed E-state index contributed by atoms with van der Waals surface area (Å²) in [7, 11) is 1.83.